The third kappa shape index (κ3) is 1.84. The zero-order valence-electron chi connectivity index (χ0n) is 10.9. The average molecular weight is 256 g/mol. The Kier molecular flexibility index (Phi) is 2.49. The molecule has 1 aromatic heterocycles. The Bertz CT molecular complexity index is 616. The van der Waals surface area contributed by atoms with Gasteiger partial charge in [0.2, 0.25) is 0 Å². The van der Waals surface area contributed by atoms with Crippen LogP contribution in [-0.4, -0.2) is 21.3 Å². The molecule has 0 amide bonds. The van der Waals surface area contributed by atoms with Crippen LogP contribution in [0, 0.1) is 11.3 Å². The largest absolute Gasteiger partial charge is 0.481 e. The lowest BCUT2D eigenvalue weighted by Crippen LogP contribution is -2.03. The maximum absolute atomic E-state index is 11.2. The Morgan fingerprint density at radius 3 is 2.58 bits per heavy atom. The number of carboxylic acids is 1. The number of rotatable bonds is 3. The molecule has 1 aliphatic rings. The summed E-state index contributed by atoms with van der Waals surface area (Å²) in [7, 11) is 0. The van der Waals surface area contributed by atoms with Crippen LogP contribution in [0.2, 0.25) is 0 Å². The lowest BCUT2D eigenvalue weighted by atomic mass is 10.1. The number of nitrogens with zero attached hydrogens (tertiary/aromatic N) is 1. The summed E-state index contributed by atoms with van der Waals surface area (Å²) in [5.41, 5.74) is 2.61. The normalized spacial score (nSPS) is 24.1. The molecule has 1 saturated carbocycles. The maximum atomic E-state index is 11.2. The quantitative estimate of drug-likeness (QED) is 0.887. The number of aliphatic carboxylic acids is 1. The molecule has 1 heterocycles. The summed E-state index contributed by atoms with van der Waals surface area (Å²) in [6, 6.07) is 11.8. The fourth-order valence-electron chi connectivity index (χ4n) is 2.93. The molecule has 19 heavy (non-hydrogen) atoms. The highest BCUT2D eigenvalue weighted by Gasteiger charge is 2.63. The molecule has 2 aromatic rings. The van der Waals surface area contributed by atoms with Crippen LogP contribution in [0.5, 0.6) is 0 Å². The van der Waals surface area contributed by atoms with E-state index in [0.717, 1.165) is 17.0 Å². The summed E-state index contributed by atoms with van der Waals surface area (Å²) in [6.07, 6.45) is 0. The first-order chi connectivity index (χ1) is 9.01. The number of carbonyl (C=O) groups is 1. The summed E-state index contributed by atoms with van der Waals surface area (Å²) in [5.74, 6) is -1.03. The number of aromatic nitrogens is 2. The molecular weight excluding hydrogens is 240 g/mol. The van der Waals surface area contributed by atoms with Crippen LogP contribution in [0.15, 0.2) is 36.4 Å². The van der Waals surface area contributed by atoms with Crippen molar-refractivity contribution < 1.29 is 9.90 Å². The van der Waals surface area contributed by atoms with Gasteiger partial charge in [-0.1, -0.05) is 44.2 Å². The van der Waals surface area contributed by atoms with Gasteiger partial charge in [-0.15, -0.1) is 0 Å². The van der Waals surface area contributed by atoms with Crippen LogP contribution in [0.1, 0.15) is 25.5 Å². The third-order valence-electron chi connectivity index (χ3n) is 4.10. The summed E-state index contributed by atoms with van der Waals surface area (Å²) in [4.78, 5) is 11.2. The minimum absolute atomic E-state index is 0.0231. The molecule has 1 fully saturated rings. The van der Waals surface area contributed by atoms with Gasteiger partial charge in [0.1, 0.15) is 0 Å². The molecule has 0 aliphatic heterocycles. The molecule has 3 rings (SSSR count). The summed E-state index contributed by atoms with van der Waals surface area (Å²) in [5, 5.41) is 16.5. The van der Waals surface area contributed by atoms with E-state index in [0.29, 0.717) is 0 Å². The first kappa shape index (κ1) is 12.0. The monoisotopic (exact) mass is 256 g/mol. The predicted molar refractivity (Wildman–Crippen MR) is 71.7 cm³/mol. The zero-order chi connectivity index (χ0) is 13.6. The predicted octanol–water partition coefficient (Wildman–Crippen LogP) is 2.90. The fourth-order valence-corrected chi connectivity index (χ4v) is 2.93. The number of hydrogen-bond acceptors (Lipinski definition) is 2. The van der Waals surface area contributed by atoms with E-state index in [1.54, 1.807) is 0 Å². The molecule has 98 valence electrons. The van der Waals surface area contributed by atoms with Crippen molar-refractivity contribution in [3.8, 4) is 11.3 Å². The Morgan fingerprint density at radius 1 is 1.32 bits per heavy atom. The van der Waals surface area contributed by atoms with Gasteiger partial charge in [0.05, 0.1) is 11.6 Å². The van der Waals surface area contributed by atoms with Crippen LogP contribution in [0.25, 0.3) is 11.3 Å². The van der Waals surface area contributed by atoms with E-state index in [9.17, 15) is 9.90 Å². The fraction of sp³-hybridized carbons (Fsp3) is 0.333. The van der Waals surface area contributed by atoms with E-state index >= 15 is 0 Å². The van der Waals surface area contributed by atoms with Crippen LogP contribution < -0.4 is 0 Å². The van der Waals surface area contributed by atoms with Crippen LogP contribution in [0.3, 0.4) is 0 Å². The lowest BCUT2D eigenvalue weighted by molar-refractivity contribution is -0.139. The average Bonchev–Trinajstić information content (AvgIpc) is 2.76. The minimum Gasteiger partial charge on any atom is -0.481 e. The van der Waals surface area contributed by atoms with E-state index in [1.165, 1.54) is 0 Å². The van der Waals surface area contributed by atoms with Crippen LogP contribution in [0.4, 0.5) is 0 Å². The van der Waals surface area contributed by atoms with Gasteiger partial charge >= 0.3 is 5.97 Å². The Labute approximate surface area is 111 Å². The second-order valence-corrected chi connectivity index (χ2v) is 5.69. The van der Waals surface area contributed by atoms with Gasteiger partial charge in [-0.3, -0.25) is 9.89 Å². The van der Waals surface area contributed by atoms with Gasteiger partial charge in [-0.25, -0.2) is 0 Å². The van der Waals surface area contributed by atoms with Crippen LogP contribution in [-0.2, 0) is 4.79 Å². The first-order valence-corrected chi connectivity index (χ1v) is 6.35. The van der Waals surface area contributed by atoms with E-state index in [1.807, 2.05) is 50.2 Å². The van der Waals surface area contributed by atoms with E-state index in [-0.39, 0.29) is 17.3 Å². The molecule has 0 spiro atoms. The second kappa shape index (κ2) is 3.95. The number of benzene rings is 1. The standard InChI is InChI=1S/C15H16N2O2/c1-15(2)12(13(15)14(18)19)11-8-10(16-17-11)9-6-4-3-5-7-9/h3-8,12-13H,1-2H3,(H,16,17)(H,18,19)/t12-,13+/m1/s1. The van der Waals surface area contributed by atoms with Crippen molar-refractivity contribution in [1.82, 2.24) is 10.2 Å². The number of H-pyrrole nitrogens is 1. The highest BCUT2D eigenvalue weighted by Crippen LogP contribution is 2.64. The molecule has 0 saturated heterocycles. The summed E-state index contributed by atoms with van der Waals surface area (Å²) >= 11 is 0. The molecule has 0 radical (unpaired) electrons. The Morgan fingerprint density at radius 2 is 2.00 bits per heavy atom. The van der Waals surface area contributed by atoms with Crippen molar-refractivity contribution in [1.29, 1.82) is 0 Å². The van der Waals surface area contributed by atoms with Gasteiger partial charge in [0.25, 0.3) is 0 Å². The van der Waals surface area contributed by atoms with Gasteiger partial charge in [-0.2, -0.15) is 5.10 Å². The van der Waals surface area contributed by atoms with Crippen molar-refractivity contribution in [3.05, 3.63) is 42.1 Å². The lowest BCUT2D eigenvalue weighted by Gasteiger charge is -1.98. The minimum atomic E-state index is -0.731. The van der Waals surface area contributed by atoms with Crippen molar-refractivity contribution in [2.75, 3.05) is 0 Å². The SMILES string of the molecule is CC1(C)[C@H](C(=O)O)[C@H]1c1cc(-c2ccccc2)n[nH]1. The highest BCUT2D eigenvalue weighted by atomic mass is 16.4. The van der Waals surface area contributed by atoms with Crippen molar-refractivity contribution in [2.24, 2.45) is 11.3 Å². The van der Waals surface area contributed by atoms with Crippen LogP contribution >= 0.6 is 0 Å². The molecule has 1 aromatic carbocycles. The molecular formula is C15H16N2O2. The molecule has 4 heteroatoms. The number of hydrogen-bond donors (Lipinski definition) is 2. The van der Waals surface area contributed by atoms with E-state index < -0.39 is 5.97 Å². The Hall–Kier alpha value is -2.10. The second-order valence-electron chi connectivity index (χ2n) is 5.69. The van der Waals surface area contributed by atoms with Crippen molar-refractivity contribution in [2.45, 2.75) is 19.8 Å². The van der Waals surface area contributed by atoms with Gasteiger partial charge in [-0.05, 0) is 11.5 Å². The van der Waals surface area contributed by atoms with Gasteiger partial charge in [0, 0.05) is 17.2 Å². The van der Waals surface area contributed by atoms with E-state index in [2.05, 4.69) is 10.2 Å². The van der Waals surface area contributed by atoms with Gasteiger partial charge < -0.3 is 5.11 Å². The summed E-state index contributed by atoms with van der Waals surface area (Å²) < 4.78 is 0. The molecule has 1 aliphatic carbocycles. The first-order valence-electron chi connectivity index (χ1n) is 6.35. The topological polar surface area (TPSA) is 66.0 Å². The van der Waals surface area contributed by atoms with Crippen molar-refractivity contribution in [3.63, 3.8) is 0 Å². The van der Waals surface area contributed by atoms with Crippen molar-refractivity contribution >= 4 is 5.97 Å². The molecule has 2 N–H and O–H groups in total. The smallest absolute Gasteiger partial charge is 0.307 e. The number of nitrogens with one attached hydrogen (secondary N) is 1. The maximum Gasteiger partial charge on any atom is 0.307 e. The molecule has 0 unspecified atom stereocenters. The molecule has 2 atom stereocenters. The molecule has 4 nitrogen and oxygen atoms in total. The van der Waals surface area contributed by atoms with E-state index in [4.69, 9.17) is 0 Å². The van der Waals surface area contributed by atoms with Gasteiger partial charge in [0.15, 0.2) is 0 Å². The highest BCUT2D eigenvalue weighted by molar-refractivity contribution is 5.77. The number of carboxylic acid groups (broad SMARTS) is 1. The number of aromatic amines is 1. The third-order valence-corrected chi connectivity index (χ3v) is 4.10. The molecule has 0 bridgehead atoms. The Balaban J connectivity index is 1.90. The zero-order valence-corrected chi connectivity index (χ0v) is 10.9. The summed E-state index contributed by atoms with van der Waals surface area (Å²) in [6.45, 7) is 3.97.